The molecule has 0 radical (unpaired) electrons. The van der Waals surface area contributed by atoms with Gasteiger partial charge in [0.1, 0.15) is 17.7 Å². The number of nitrogens with one attached hydrogen (secondary N) is 2. The molecule has 2 aliphatic heterocycles. The largest absolute Gasteiger partial charge is 0.480 e. The molecule has 37 heavy (non-hydrogen) atoms. The third kappa shape index (κ3) is 6.76. The second-order valence-corrected chi connectivity index (χ2v) is 10.1. The number of rotatable bonds is 11. The number of carboxylic acids is 1. The first-order chi connectivity index (χ1) is 18.2. The number of anilines is 2. The smallest absolute Gasteiger partial charge is 0.326 e. The lowest BCUT2D eigenvalue weighted by molar-refractivity contribution is -0.138. The van der Waals surface area contributed by atoms with Gasteiger partial charge in [0.25, 0.3) is 0 Å². The number of pyridine rings is 2. The van der Waals surface area contributed by atoms with Gasteiger partial charge in [0.15, 0.2) is 0 Å². The summed E-state index contributed by atoms with van der Waals surface area (Å²) in [7, 11) is 0. The molecule has 5 rings (SSSR count). The normalized spacial score (nSPS) is 18.6. The Morgan fingerprint density at radius 2 is 2.14 bits per heavy atom. The summed E-state index contributed by atoms with van der Waals surface area (Å²) in [6.07, 6.45) is 8.70. The van der Waals surface area contributed by atoms with Crippen molar-refractivity contribution in [1.82, 2.24) is 14.9 Å². The van der Waals surface area contributed by atoms with E-state index in [1.807, 2.05) is 30.3 Å². The van der Waals surface area contributed by atoms with Crippen LogP contribution in [-0.2, 0) is 22.4 Å². The van der Waals surface area contributed by atoms with Gasteiger partial charge in [-0.05, 0) is 74.7 Å². The summed E-state index contributed by atoms with van der Waals surface area (Å²) in [6.45, 7) is 4.43. The molecule has 3 N–H and O–H groups in total. The molecule has 196 valence electrons. The third-order valence-corrected chi connectivity index (χ3v) is 7.36. The molecule has 1 fully saturated rings. The molecule has 0 amide bonds. The van der Waals surface area contributed by atoms with E-state index in [9.17, 15) is 9.90 Å². The molecule has 1 aromatic carbocycles. The number of carboxylic acid groups (broad SMARTS) is 1. The van der Waals surface area contributed by atoms with Crippen molar-refractivity contribution in [2.45, 2.75) is 57.1 Å². The number of ether oxygens (including phenoxy) is 1. The van der Waals surface area contributed by atoms with Crippen molar-refractivity contribution in [1.29, 1.82) is 0 Å². The average Bonchev–Trinajstić information content (AvgIpc) is 2.93. The number of aryl methyl sites for hydroxylation is 2. The van der Waals surface area contributed by atoms with E-state index in [0.29, 0.717) is 18.8 Å². The minimum absolute atomic E-state index is 0.143. The maximum absolute atomic E-state index is 11.9. The zero-order chi connectivity index (χ0) is 25.5. The second kappa shape index (κ2) is 12.3. The summed E-state index contributed by atoms with van der Waals surface area (Å²) in [6, 6.07) is 13.4. The predicted molar refractivity (Wildman–Crippen MR) is 146 cm³/mol. The summed E-state index contributed by atoms with van der Waals surface area (Å²) in [5, 5.41) is 18.3. The van der Waals surface area contributed by atoms with E-state index in [0.717, 1.165) is 80.6 Å². The van der Waals surface area contributed by atoms with Gasteiger partial charge < -0.3 is 25.4 Å². The standard InChI is InChI=1S/C29H37N5O3/c35-29(36)26(33-28-25-10-2-1-6-21(25)13-16-31-28)14-19-37-24-9-5-18-34(20-24)17-4-8-23-12-11-22-7-3-15-30-27(22)32-23/h1-2,6,10-13,16,24,26H,3-5,7-9,14-15,17-20H2,(H,30,32)(H,31,33)(H,35,36)/t24-,26-/m0/s1. The molecular formula is C29H37N5O3. The van der Waals surface area contributed by atoms with Gasteiger partial charge in [0.05, 0.1) is 6.10 Å². The van der Waals surface area contributed by atoms with E-state index in [1.54, 1.807) is 6.20 Å². The lowest BCUT2D eigenvalue weighted by atomic mass is 10.1. The van der Waals surface area contributed by atoms with Crippen molar-refractivity contribution in [2.75, 3.05) is 43.4 Å². The van der Waals surface area contributed by atoms with E-state index in [4.69, 9.17) is 9.72 Å². The number of aliphatic carboxylic acids is 1. The minimum atomic E-state index is -0.894. The molecule has 4 heterocycles. The second-order valence-electron chi connectivity index (χ2n) is 10.1. The summed E-state index contributed by atoms with van der Waals surface area (Å²) in [5.74, 6) is 0.772. The fourth-order valence-corrected chi connectivity index (χ4v) is 5.35. The first kappa shape index (κ1) is 25.4. The van der Waals surface area contributed by atoms with Crippen LogP contribution >= 0.6 is 0 Å². The summed E-state index contributed by atoms with van der Waals surface area (Å²) in [4.78, 5) is 23.6. The van der Waals surface area contributed by atoms with Crippen LogP contribution in [0.25, 0.3) is 10.8 Å². The maximum atomic E-state index is 11.9. The Balaban J connectivity index is 1.06. The topological polar surface area (TPSA) is 99.6 Å². The van der Waals surface area contributed by atoms with E-state index in [1.165, 1.54) is 12.0 Å². The van der Waals surface area contributed by atoms with E-state index >= 15 is 0 Å². The van der Waals surface area contributed by atoms with Crippen LogP contribution in [0.2, 0.25) is 0 Å². The van der Waals surface area contributed by atoms with E-state index < -0.39 is 12.0 Å². The predicted octanol–water partition coefficient (Wildman–Crippen LogP) is 4.36. The number of benzene rings is 1. The van der Waals surface area contributed by atoms with Crippen molar-refractivity contribution < 1.29 is 14.6 Å². The minimum Gasteiger partial charge on any atom is -0.480 e. The molecule has 0 bridgehead atoms. The van der Waals surface area contributed by atoms with Gasteiger partial charge >= 0.3 is 5.97 Å². The van der Waals surface area contributed by atoms with Crippen LogP contribution in [-0.4, -0.2) is 70.9 Å². The number of aromatic nitrogens is 2. The number of piperidine rings is 1. The lowest BCUT2D eigenvalue weighted by Gasteiger charge is -2.32. The van der Waals surface area contributed by atoms with Crippen molar-refractivity contribution >= 4 is 28.4 Å². The van der Waals surface area contributed by atoms with Gasteiger partial charge in [-0.2, -0.15) is 0 Å². The molecule has 3 aromatic rings. The van der Waals surface area contributed by atoms with Crippen LogP contribution in [0.15, 0.2) is 48.7 Å². The molecule has 0 spiro atoms. The molecule has 0 unspecified atom stereocenters. The van der Waals surface area contributed by atoms with Crippen LogP contribution in [0.3, 0.4) is 0 Å². The first-order valence-electron chi connectivity index (χ1n) is 13.6. The SMILES string of the molecule is O=C(O)[C@H](CCO[C@H]1CCCN(CCCc2ccc3c(n2)NCCC3)C1)Nc1nccc2ccccc12. The molecule has 8 nitrogen and oxygen atoms in total. The van der Waals surface area contributed by atoms with E-state index in [2.05, 4.69) is 32.7 Å². The van der Waals surface area contributed by atoms with Crippen LogP contribution in [0.5, 0.6) is 0 Å². The Bertz CT molecular complexity index is 1200. The number of fused-ring (bicyclic) bond motifs is 2. The number of carbonyl (C=O) groups is 1. The average molecular weight is 504 g/mol. The van der Waals surface area contributed by atoms with Crippen molar-refractivity contribution in [3.8, 4) is 0 Å². The highest BCUT2D eigenvalue weighted by molar-refractivity contribution is 5.93. The van der Waals surface area contributed by atoms with Crippen LogP contribution in [0, 0.1) is 0 Å². The Hall–Kier alpha value is -3.23. The highest BCUT2D eigenvalue weighted by Crippen LogP contribution is 2.23. The number of likely N-dealkylation sites (tertiary alicyclic amines) is 1. The van der Waals surface area contributed by atoms with Gasteiger partial charge in [-0.1, -0.05) is 30.3 Å². The van der Waals surface area contributed by atoms with Crippen LogP contribution in [0.4, 0.5) is 11.6 Å². The molecule has 2 atom stereocenters. The Morgan fingerprint density at radius 3 is 3.05 bits per heavy atom. The van der Waals surface area contributed by atoms with Crippen molar-refractivity contribution in [3.63, 3.8) is 0 Å². The number of nitrogens with zero attached hydrogens (tertiary/aromatic N) is 3. The van der Waals surface area contributed by atoms with Crippen molar-refractivity contribution in [2.24, 2.45) is 0 Å². The Kier molecular flexibility index (Phi) is 8.48. The van der Waals surface area contributed by atoms with Gasteiger partial charge in [-0.15, -0.1) is 0 Å². The highest BCUT2D eigenvalue weighted by Gasteiger charge is 2.23. The first-order valence-corrected chi connectivity index (χ1v) is 13.6. The zero-order valence-corrected chi connectivity index (χ0v) is 21.4. The molecular weight excluding hydrogens is 466 g/mol. The number of hydrogen-bond donors (Lipinski definition) is 3. The quantitative estimate of drug-likeness (QED) is 0.355. The fraction of sp³-hybridized carbons (Fsp3) is 0.483. The summed E-state index contributed by atoms with van der Waals surface area (Å²) in [5.41, 5.74) is 2.49. The number of hydrogen-bond acceptors (Lipinski definition) is 7. The van der Waals surface area contributed by atoms with E-state index in [-0.39, 0.29) is 6.10 Å². The van der Waals surface area contributed by atoms with Crippen LogP contribution in [0.1, 0.15) is 43.4 Å². The maximum Gasteiger partial charge on any atom is 0.326 e. The molecule has 0 aliphatic carbocycles. The monoisotopic (exact) mass is 503 g/mol. The third-order valence-electron chi connectivity index (χ3n) is 7.36. The Morgan fingerprint density at radius 1 is 1.22 bits per heavy atom. The van der Waals surface area contributed by atoms with Gasteiger partial charge in [0, 0.05) is 43.4 Å². The molecule has 0 saturated carbocycles. The molecule has 1 saturated heterocycles. The van der Waals surface area contributed by atoms with Gasteiger partial charge in [-0.3, -0.25) is 0 Å². The molecule has 8 heteroatoms. The lowest BCUT2D eigenvalue weighted by Crippen LogP contribution is -2.41. The molecule has 2 aliphatic rings. The fourth-order valence-electron chi connectivity index (χ4n) is 5.35. The van der Waals surface area contributed by atoms with Crippen LogP contribution < -0.4 is 10.6 Å². The van der Waals surface area contributed by atoms with Crippen molar-refractivity contribution in [3.05, 3.63) is 59.9 Å². The van der Waals surface area contributed by atoms with Gasteiger partial charge in [0.2, 0.25) is 0 Å². The Labute approximate surface area is 218 Å². The highest BCUT2D eigenvalue weighted by atomic mass is 16.5. The summed E-state index contributed by atoms with van der Waals surface area (Å²) >= 11 is 0. The molecule has 2 aromatic heterocycles. The van der Waals surface area contributed by atoms with Gasteiger partial charge in [-0.25, -0.2) is 14.8 Å². The summed E-state index contributed by atoms with van der Waals surface area (Å²) < 4.78 is 6.16. The zero-order valence-electron chi connectivity index (χ0n) is 21.4.